The van der Waals surface area contributed by atoms with Crippen LogP contribution in [0.15, 0.2) is 36.4 Å². The molecule has 40 heavy (non-hydrogen) atoms. The number of rotatable bonds is 12. The van der Waals surface area contributed by atoms with Gasteiger partial charge in [-0.1, -0.05) is 23.7 Å². The van der Waals surface area contributed by atoms with Gasteiger partial charge in [-0.3, -0.25) is 9.69 Å². The molecule has 9 nitrogen and oxygen atoms in total. The van der Waals surface area contributed by atoms with E-state index in [0.717, 1.165) is 58.5 Å². The summed E-state index contributed by atoms with van der Waals surface area (Å²) in [6.45, 7) is 5.95. The molecule has 3 N–H and O–H groups in total. The second-order valence-corrected chi connectivity index (χ2v) is 10.9. The SMILES string of the molecule is COc1cc(N)c(Cl)cc1C(=O)NC1CCN(CCCc2ccc(C(=O)OCCN3CCCC3)cc2)CC1OC. The lowest BCUT2D eigenvalue weighted by atomic mass is 10.00. The van der Waals surface area contributed by atoms with Crippen molar-refractivity contribution in [3.05, 3.63) is 58.1 Å². The number of carbonyl (C=O) groups excluding carboxylic acids is 2. The Morgan fingerprint density at radius 2 is 1.80 bits per heavy atom. The van der Waals surface area contributed by atoms with Crippen molar-refractivity contribution in [2.45, 2.75) is 44.2 Å². The van der Waals surface area contributed by atoms with Crippen LogP contribution in [0.25, 0.3) is 0 Å². The standard InChI is InChI=1S/C30H41ClN4O5/c1-38-27-19-25(32)24(31)18-23(27)29(36)33-26-11-15-35(20-28(26)39-2)14-5-6-21-7-9-22(10-8-21)30(37)40-17-16-34-12-3-4-13-34/h7-10,18-19,26,28H,3-6,11-17,20,32H2,1-2H3,(H,33,36). The van der Waals surface area contributed by atoms with E-state index in [4.69, 9.17) is 31.5 Å². The molecule has 0 aromatic heterocycles. The monoisotopic (exact) mass is 572 g/mol. The molecule has 218 valence electrons. The zero-order chi connectivity index (χ0) is 28.5. The van der Waals surface area contributed by atoms with Crippen molar-refractivity contribution in [1.82, 2.24) is 15.1 Å². The molecular formula is C30H41ClN4O5. The van der Waals surface area contributed by atoms with Gasteiger partial charge in [-0.2, -0.15) is 0 Å². The maximum atomic E-state index is 13.0. The zero-order valence-corrected chi connectivity index (χ0v) is 24.3. The Balaban J connectivity index is 1.19. The summed E-state index contributed by atoms with van der Waals surface area (Å²) in [4.78, 5) is 30.0. The molecule has 0 aliphatic carbocycles. The van der Waals surface area contributed by atoms with Crippen molar-refractivity contribution in [2.24, 2.45) is 0 Å². The number of nitrogen functional groups attached to an aromatic ring is 1. The fourth-order valence-electron chi connectivity index (χ4n) is 5.42. The van der Waals surface area contributed by atoms with Gasteiger partial charge in [0.1, 0.15) is 12.4 Å². The summed E-state index contributed by atoms with van der Waals surface area (Å²) < 4.78 is 16.5. The number of methoxy groups -OCH3 is 2. The second-order valence-electron chi connectivity index (χ2n) is 10.5. The van der Waals surface area contributed by atoms with Crippen LogP contribution in [0.5, 0.6) is 5.75 Å². The zero-order valence-electron chi connectivity index (χ0n) is 23.5. The van der Waals surface area contributed by atoms with E-state index in [9.17, 15) is 9.59 Å². The molecule has 0 radical (unpaired) electrons. The first-order valence-corrected chi connectivity index (χ1v) is 14.4. The lowest BCUT2D eigenvalue weighted by Crippen LogP contribution is -2.55. The van der Waals surface area contributed by atoms with Gasteiger partial charge in [0.25, 0.3) is 5.91 Å². The highest BCUT2D eigenvalue weighted by atomic mass is 35.5. The molecular weight excluding hydrogens is 532 g/mol. The van der Waals surface area contributed by atoms with Gasteiger partial charge in [-0.15, -0.1) is 0 Å². The van der Waals surface area contributed by atoms with Crippen molar-refractivity contribution >= 4 is 29.2 Å². The van der Waals surface area contributed by atoms with Gasteiger partial charge >= 0.3 is 5.97 Å². The second kappa shape index (κ2) is 14.7. The van der Waals surface area contributed by atoms with E-state index in [1.165, 1.54) is 31.6 Å². The van der Waals surface area contributed by atoms with E-state index in [1.807, 2.05) is 24.3 Å². The van der Waals surface area contributed by atoms with Gasteiger partial charge in [-0.25, -0.2) is 4.79 Å². The van der Waals surface area contributed by atoms with Crippen LogP contribution in [0.2, 0.25) is 5.02 Å². The van der Waals surface area contributed by atoms with E-state index in [0.29, 0.717) is 34.2 Å². The smallest absolute Gasteiger partial charge is 0.338 e. The summed E-state index contributed by atoms with van der Waals surface area (Å²) in [5.74, 6) is -0.143. The predicted octanol–water partition coefficient (Wildman–Crippen LogP) is 3.64. The molecule has 4 rings (SSSR count). The number of anilines is 1. The Bertz CT molecular complexity index is 1140. The van der Waals surface area contributed by atoms with Crippen molar-refractivity contribution < 1.29 is 23.8 Å². The van der Waals surface area contributed by atoms with E-state index in [1.54, 1.807) is 13.2 Å². The molecule has 2 saturated heterocycles. The summed E-state index contributed by atoms with van der Waals surface area (Å²) in [7, 11) is 3.17. The maximum Gasteiger partial charge on any atom is 0.338 e. The lowest BCUT2D eigenvalue weighted by molar-refractivity contribution is 0.00616. The molecule has 0 spiro atoms. The third-order valence-corrected chi connectivity index (χ3v) is 8.12. The molecule has 2 unspecified atom stereocenters. The van der Waals surface area contributed by atoms with Crippen molar-refractivity contribution in [3.63, 3.8) is 0 Å². The molecule has 0 saturated carbocycles. The minimum Gasteiger partial charge on any atom is -0.496 e. The molecule has 10 heteroatoms. The van der Waals surface area contributed by atoms with Crippen LogP contribution in [-0.4, -0.2) is 93.9 Å². The van der Waals surface area contributed by atoms with Crippen molar-refractivity contribution in [2.75, 3.05) is 65.8 Å². The molecule has 0 bridgehead atoms. The van der Waals surface area contributed by atoms with Crippen molar-refractivity contribution in [3.8, 4) is 5.75 Å². The van der Waals surface area contributed by atoms with E-state index in [2.05, 4.69) is 15.1 Å². The third kappa shape index (κ3) is 8.10. The van der Waals surface area contributed by atoms with Crippen LogP contribution < -0.4 is 15.8 Å². The lowest BCUT2D eigenvalue weighted by Gasteiger charge is -2.38. The van der Waals surface area contributed by atoms with Crippen LogP contribution >= 0.6 is 11.6 Å². The first-order chi connectivity index (χ1) is 19.4. The predicted molar refractivity (Wildman–Crippen MR) is 156 cm³/mol. The molecule has 1 amide bonds. The highest BCUT2D eigenvalue weighted by Gasteiger charge is 2.31. The average molecular weight is 573 g/mol. The van der Waals surface area contributed by atoms with E-state index in [-0.39, 0.29) is 24.0 Å². The molecule has 2 fully saturated rings. The van der Waals surface area contributed by atoms with Gasteiger partial charge in [-0.05, 0) is 75.5 Å². The van der Waals surface area contributed by atoms with Gasteiger partial charge < -0.3 is 30.2 Å². The highest BCUT2D eigenvalue weighted by Crippen LogP contribution is 2.29. The number of ether oxygens (including phenoxy) is 3. The Morgan fingerprint density at radius 1 is 1.05 bits per heavy atom. The number of halogens is 1. The quantitative estimate of drug-likeness (QED) is 0.293. The maximum absolute atomic E-state index is 13.0. The van der Waals surface area contributed by atoms with Crippen LogP contribution in [0, 0.1) is 0 Å². The van der Waals surface area contributed by atoms with Gasteiger partial charge in [0.15, 0.2) is 0 Å². The van der Waals surface area contributed by atoms with Crippen LogP contribution in [-0.2, 0) is 15.9 Å². The number of benzene rings is 2. The fourth-order valence-corrected chi connectivity index (χ4v) is 5.58. The number of piperidine rings is 1. The Kier molecular flexibility index (Phi) is 11.1. The molecule has 2 heterocycles. The van der Waals surface area contributed by atoms with Gasteiger partial charge in [0.2, 0.25) is 0 Å². The Morgan fingerprint density at radius 3 is 2.50 bits per heavy atom. The minimum atomic E-state index is -0.266. The molecule has 2 aromatic rings. The average Bonchev–Trinajstić information content (AvgIpc) is 3.48. The van der Waals surface area contributed by atoms with Crippen LogP contribution in [0.1, 0.15) is 52.0 Å². The summed E-state index contributed by atoms with van der Waals surface area (Å²) in [6.07, 6.45) is 4.99. The number of amides is 1. The Labute approximate surface area is 241 Å². The number of hydrogen-bond acceptors (Lipinski definition) is 8. The highest BCUT2D eigenvalue weighted by molar-refractivity contribution is 6.33. The van der Waals surface area contributed by atoms with E-state index < -0.39 is 0 Å². The number of nitrogens with zero attached hydrogens (tertiary/aromatic N) is 2. The molecule has 2 atom stereocenters. The van der Waals surface area contributed by atoms with Crippen molar-refractivity contribution in [1.29, 1.82) is 0 Å². The number of nitrogens with one attached hydrogen (secondary N) is 1. The molecule has 2 aliphatic rings. The summed E-state index contributed by atoms with van der Waals surface area (Å²) in [5.41, 5.74) is 8.34. The third-order valence-electron chi connectivity index (χ3n) is 7.79. The molecule has 2 aromatic carbocycles. The molecule has 2 aliphatic heterocycles. The van der Waals surface area contributed by atoms with Gasteiger partial charge in [0.05, 0.1) is 41.1 Å². The van der Waals surface area contributed by atoms with Crippen LogP contribution in [0.4, 0.5) is 5.69 Å². The number of likely N-dealkylation sites (tertiary alicyclic amines) is 2. The minimum absolute atomic E-state index is 0.127. The largest absolute Gasteiger partial charge is 0.496 e. The first-order valence-electron chi connectivity index (χ1n) is 14.1. The normalized spacial score (nSPS) is 19.9. The van der Waals surface area contributed by atoms with Crippen LogP contribution in [0.3, 0.4) is 0 Å². The Hall–Kier alpha value is -2.85. The summed E-state index contributed by atoms with van der Waals surface area (Å²) in [6, 6.07) is 10.7. The number of aryl methyl sites for hydroxylation is 1. The number of esters is 1. The number of carbonyl (C=O) groups is 2. The first kappa shape index (κ1) is 30.1. The fraction of sp³-hybridized carbons (Fsp3) is 0.533. The topological polar surface area (TPSA) is 106 Å². The number of hydrogen-bond donors (Lipinski definition) is 2. The summed E-state index contributed by atoms with van der Waals surface area (Å²) >= 11 is 6.14. The number of nitrogens with two attached hydrogens (primary N) is 1. The van der Waals surface area contributed by atoms with E-state index >= 15 is 0 Å². The summed E-state index contributed by atoms with van der Waals surface area (Å²) in [5, 5.41) is 3.40. The van der Waals surface area contributed by atoms with Gasteiger partial charge in [0, 0.05) is 32.8 Å².